The molecule has 0 aliphatic carbocycles. The minimum atomic E-state index is -0.0150. The van der Waals surface area contributed by atoms with Gasteiger partial charge in [0.15, 0.2) is 0 Å². The highest BCUT2D eigenvalue weighted by molar-refractivity contribution is 6.30. The molecular formula is C13H18ClN3O. The van der Waals surface area contributed by atoms with Crippen LogP contribution in [0.4, 0.5) is 5.82 Å². The number of carbonyl (C=O) groups excluding carboxylic acids is 1. The molecule has 0 saturated heterocycles. The van der Waals surface area contributed by atoms with Crippen molar-refractivity contribution in [1.29, 1.82) is 0 Å². The molecule has 1 aromatic heterocycles. The van der Waals surface area contributed by atoms with Crippen LogP contribution in [0, 0.1) is 0 Å². The Morgan fingerprint density at radius 3 is 2.94 bits per heavy atom. The van der Waals surface area contributed by atoms with Crippen LogP contribution in [-0.4, -0.2) is 31.0 Å². The van der Waals surface area contributed by atoms with Gasteiger partial charge in [-0.25, -0.2) is 4.98 Å². The second-order valence-electron chi connectivity index (χ2n) is 3.90. The minimum absolute atomic E-state index is 0.0150. The molecule has 0 radical (unpaired) electrons. The summed E-state index contributed by atoms with van der Waals surface area (Å²) in [5.41, 5.74) is 0. The van der Waals surface area contributed by atoms with Gasteiger partial charge in [0.1, 0.15) is 5.82 Å². The van der Waals surface area contributed by atoms with Gasteiger partial charge in [-0.2, -0.15) is 0 Å². The maximum atomic E-state index is 11.6. The first-order valence-corrected chi connectivity index (χ1v) is 6.22. The summed E-state index contributed by atoms with van der Waals surface area (Å²) in [6.07, 6.45) is 6.41. The smallest absolute Gasteiger partial charge is 0.239 e. The molecule has 5 heteroatoms. The zero-order valence-corrected chi connectivity index (χ0v) is 11.4. The highest BCUT2D eigenvalue weighted by Gasteiger charge is 2.07. The van der Waals surface area contributed by atoms with E-state index in [4.69, 9.17) is 11.6 Å². The molecule has 1 heterocycles. The van der Waals surface area contributed by atoms with Crippen LogP contribution in [0.5, 0.6) is 0 Å². The summed E-state index contributed by atoms with van der Waals surface area (Å²) in [5.74, 6) is 0.710. The quantitative estimate of drug-likeness (QED) is 0.635. The summed E-state index contributed by atoms with van der Waals surface area (Å²) in [6, 6.07) is 3.54. The molecule has 0 bridgehead atoms. The zero-order valence-electron chi connectivity index (χ0n) is 10.7. The Labute approximate surface area is 113 Å². The Bertz CT molecular complexity index is 403. The van der Waals surface area contributed by atoms with E-state index in [1.54, 1.807) is 23.2 Å². The van der Waals surface area contributed by atoms with Crippen LogP contribution >= 0.6 is 11.6 Å². The number of pyridine rings is 1. The molecule has 0 unspecified atom stereocenters. The van der Waals surface area contributed by atoms with E-state index in [1.165, 1.54) is 0 Å². The molecule has 18 heavy (non-hydrogen) atoms. The third-order valence-corrected chi connectivity index (χ3v) is 2.58. The van der Waals surface area contributed by atoms with Gasteiger partial charge >= 0.3 is 0 Å². The topological polar surface area (TPSA) is 45.2 Å². The number of halogens is 1. The molecule has 4 nitrogen and oxygen atoms in total. The van der Waals surface area contributed by atoms with E-state index < -0.39 is 0 Å². The lowest BCUT2D eigenvalue weighted by atomic mass is 10.3. The van der Waals surface area contributed by atoms with E-state index in [9.17, 15) is 4.79 Å². The van der Waals surface area contributed by atoms with Crippen molar-refractivity contribution >= 4 is 23.3 Å². The average molecular weight is 268 g/mol. The molecule has 0 fully saturated rings. The largest absolute Gasteiger partial charge is 0.354 e. The maximum Gasteiger partial charge on any atom is 0.239 e. The number of anilines is 1. The summed E-state index contributed by atoms with van der Waals surface area (Å²) in [7, 11) is 1.82. The Morgan fingerprint density at radius 2 is 2.33 bits per heavy atom. The number of hydrogen-bond donors (Lipinski definition) is 1. The molecule has 1 rings (SSSR count). The van der Waals surface area contributed by atoms with Crippen molar-refractivity contribution in [3.8, 4) is 0 Å². The van der Waals surface area contributed by atoms with Crippen molar-refractivity contribution in [1.82, 2.24) is 10.3 Å². The Hall–Kier alpha value is -1.55. The number of likely N-dealkylation sites (N-methyl/N-ethyl adjacent to an activating group) is 1. The van der Waals surface area contributed by atoms with Crippen molar-refractivity contribution in [2.24, 2.45) is 0 Å². The molecule has 0 atom stereocenters. The number of hydrogen-bond acceptors (Lipinski definition) is 3. The molecule has 1 N–H and O–H groups in total. The normalized spacial score (nSPS) is 10.6. The van der Waals surface area contributed by atoms with Gasteiger partial charge in [0.25, 0.3) is 0 Å². The number of rotatable bonds is 6. The second kappa shape index (κ2) is 7.71. The maximum absolute atomic E-state index is 11.6. The lowest BCUT2D eigenvalue weighted by Gasteiger charge is -2.17. The van der Waals surface area contributed by atoms with Gasteiger partial charge in [-0.05, 0) is 25.5 Å². The van der Waals surface area contributed by atoms with Crippen LogP contribution in [0.15, 0.2) is 30.5 Å². The number of aromatic nitrogens is 1. The van der Waals surface area contributed by atoms with Gasteiger partial charge in [-0.1, -0.05) is 23.8 Å². The number of amides is 1. The zero-order chi connectivity index (χ0) is 13.4. The van der Waals surface area contributed by atoms with E-state index in [1.807, 2.05) is 26.1 Å². The lowest BCUT2D eigenvalue weighted by molar-refractivity contribution is -0.119. The summed E-state index contributed by atoms with van der Waals surface area (Å²) in [4.78, 5) is 17.5. The highest BCUT2D eigenvalue weighted by Crippen LogP contribution is 2.12. The first-order valence-electron chi connectivity index (χ1n) is 5.84. The van der Waals surface area contributed by atoms with Gasteiger partial charge in [0, 0.05) is 19.8 Å². The molecule has 0 aliphatic heterocycles. The summed E-state index contributed by atoms with van der Waals surface area (Å²) < 4.78 is 0. The highest BCUT2D eigenvalue weighted by atomic mass is 35.5. The fourth-order valence-corrected chi connectivity index (χ4v) is 1.52. The van der Waals surface area contributed by atoms with E-state index in [0.717, 1.165) is 12.2 Å². The Kier molecular flexibility index (Phi) is 6.22. The van der Waals surface area contributed by atoms with Crippen molar-refractivity contribution in [3.05, 3.63) is 35.5 Å². The van der Waals surface area contributed by atoms with E-state index in [2.05, 4.69) is 10.3 Å². The van der Waals surface area contributed by atoms with Crippen molar-refractivity contribution in [2.75, 3.05) is 25.0 Å². The van der Waals surface area contributed by atoms with Gasteiger partial charge in [0.2, 0.25) is 5.91 Å². The number of carbonyl (C=O) groups is 1. The molecule has 0 aliphatic rings. The molecular weight excluding hydrogens is 250 g/mol. The van der Waals surface area contributed by atoms with Crippen LogP contribution in [-0.2, 0) is 4.79 Å². The van der Waals surface area contributed by atoms with Crippen LogP contribution in [0.3, 0.4) is 0 Å². The van der Waals surface area contributed by atoms with Gasteiger partial charge in [-0.3, -0.25) is 4.79 Å². The van der Waals surface area contributed by atoms with Crippen LogP contribution < -0.4 is 10.2 Å². The third kappa shape index (κ3) is 5.19. The summed E-state index contributed by atoms with van der Waals surface area (Å²) >= 11 is 5.75. The molecule has 98 valence electrons. The second-order valence-corrected chi connectivity index (χ2v) is 4.33. The Morgan fingerprint density at radius 1 is 1.56 bits per heavy atom. The number of nitrogens with zero attached hydrogens (tertiary/aromatic N) is 2. The monoisotopic (exact) mass is 267 g/mol. The van der Waals surface area contributed by atoms with Gasteiger partial charge < -0.3 is 10.2 Å². The van der Waals surface area contributed by atoms with E-state index in [0.29, 0.717) is 11.6 Å². The SMILES string of the molecule is C/C=C/CCNC(=O)CN(C)c1ccc(Cl)cn1. The third-order valence-electron chi connectivity index (χ3n) is 2.35. The fraction of sp³-hybridized carbons (Fsp3) is 0.385. The first-order chi connectivity index (χ1) is 8.63. The molecule has 1 amide bonds. The summed E-state index contributed by atoms with van der Waals surface area (Å²) in [6.45, 7) is 2.90. The standard InChI is InChI=1S/C13H18ClN3O/c1-3-4-5-8-15-13(18)10-17(2)12-7-6-11(14)9-16-12/h3-4,6-7,9H,5,8,10H2,1-2H3,(H,15,18)/b4-3+. The van der Waals surface area contributed by atoms with Crippen molar-refractivity contribution in [2.45, 2.75) is 13.3 Å². The van der Waals surface area contributed by atoms with Crippen LogP contribution in [0.2, 0.25) is 5.02 Å². The van der Waals surface area contributed by atoms with Crippen LogP contribution in [0.1, 0.15) is 13.3 Å². The molecule has 0 aromatic carbocycles. The summed E-state index contributed by atoms with van der Waals surface area (Å²) in [5, 5.41) is 3.43. The lowest BCUT2D eigenvalue weighted by Crippen LogP contribution is -2.35. The molecule has 0 saturated carbocycles. The average Bonchev–Trinajstić information content (AvgIpc) is 2.35. The Balaban J connectivity index is 2.37. The van der Waals surface area contributed by atoms with E-state index >= 15 is 0 Å². The predicted octanol–water partition coefficient (Wildman–Crippen LogP) is 2.25. The van der Waals surface area contributed by atoms with Crippen molar-refractivity contribution < 1.29 is 4.79 Å². The van der Waals surface area contributed by atoms with Gasteiger partial charge in [-0.15, -0.1) is 0 Å². The van der Waals surface area contributed by atoms with E-state index in [-0.39, 0.29) is 12.5 Å². The number of allylic oxidation sites excluding steroid dienone is 1. The molecule has 1 aromatic rings. The first kappa shape index (κ1) is 14.5. The minimum Gasteiger partial charge on any atom is -0.354 e. The van der Waals surface area contributed by atoms with Crippen LogP contribution in [0.25, 0.3) is 0 Å². The fourth-order valence-electron chi connectivity index (χ4n) is 1.41. The molecule has 0 spiro atoms. The predicted molar refractivity (Wildman–Crippen MR) is 75.0 cm³/mol. The van der Waals surface area contributed by atoms with Crippen molar-refractivity contribution in [3.63, 3.8) is 0 Å². The van der Waals surface area contributed by atoms with Gasteiger partial charge in [0.05, 0.1) is 11.6 Å². The number of nitrogens with one attached hydrogen (secondary N) is 1.